The number of aliphatic hydroxyl groups is 1. The standard InChI is InChI=1S/C20H33N3O/c24-18-17-22-13-15-23(16-14-22)20-8-11-21(12-9-20)10-4-7-19-5-2-1-3-6-19/h1-3,5-6,20,24H,4,7-18H2. The summed E-state index contributed by atoms with van der Waals surface area (Å²) in [5, 5.41) is 9.05. The van der Waals surface area contributed by atoms with Gasteiger partial charge in [0.1, 0.15) is 0 Å². The molecule has 134 valence electrons. The van der Waals surface area contributed by atoms with Crippen LogP contribution in [0.2, 0.25) is 0 Å². The summed E-state index contributed by atoms with van der Waals surface area (Å²) in [6, 6.07) is 11.6. The molecule has 0 aromatic heterocycles. The van der Waals surface area contributed by atoms with E-state index in [-0.39, 0.29) is 0 Å². The number of piperidine rings is 1. The molecule has 3 rings (SSSR count). The average Bonchev–Trinajstić information content (AvgIpc) is 2.64. The Morgan fingerprint density at radius 1 is 0.833 bits per heavy atom. The molecular formula is C20H33N3O. The van der Waals surface area contributed by atoms with E-state index in [1.54, 1.807) is 0 Å². The maximum absolute atomic E-state index is 9.05. The molecular weight excluding hydrogens is 298 g/mol. The number of aliphatic hydroxyl groups excluding tert-OH is 1. The molecule has 1 aromatic rings. The van der Waals surface area contributed by atoms with Gasteiger partial charge in [-0.3, -0.25) is 9.80 Å². The number of aryl methyl sites for hydroxylation is 1. The highest BCUT2D eigenvalue weighted by atomic mass is 16.3. The highest BCUT2D eigenvalue weighted by Crippen LogP contribution is 2.18. The maximum Gasteiger partial charge on any atom is 0.0558 e. The molecule has 0 saturated carbocycles. The van der Waals surface area contributed by atoms with Gasteiger partial charge < -0.3 is 10.0 Å². The number of β-amino-alcohol motifs (C(OH)–C–C–N with tert-alkyl or cyclic N) is 1. The monoisotopic (exact) mass is 331 g/mol. The lowest BCUT2D eigenvalue weighted by Crippen LogP contribution is -2.53. The van der Waals surface area contributed by atoms with Gasteiger partial charge in [0.15, 0.2) is 0 Å². The zero-order chi connectivity index (χ0) is 16.6. The molecule has 2 fully saturated rings. The second-order valence-corrected chi connectivity index (χ2v) is 7.26. The van der Waals surface area contributed by atoms with Crippen LogP contribution in [0.3, 0.4) is 0 Å². The van der Waals surface area contributed by atoms with Crippen LogP contribution in [0.25, 0.3) is 0 Å². The van der Waals surface area contributed by atoms with Crippen LogP contribution in [-0.2, 0) is 6.42 Å². The molecule has 0 aliphatic carbocycles. The van der Waals surface area contributed by atoms with Crippen LogP contribution in [0, 0.1) is 0 Å². The molecule has 4 heteroatoms. The fraction of sp³-hybridized carbons (Fsp3) is 0.700. The maximum atomic E-state index is 9.05. The lowest BCUT2D eigenvalue weighted by molar-refractivity contribution is 0.0530. The predicted molar refractivity (Wildman–Crippen MR) is 99.3 cm³/mol. The van der Waals surface area contributed by atoms with E-state index in [1.165, 1.54) is 64.0 Å². The molecule has 0 unspecified atom stereocenters. The third kappa shape index (κ3) is 5.28. The Hall–Kier alpha value is -0.940. The molecule has 0 atom stereocenters. The number of rotatable bonds is 7. The van der Waals surface area contributed by atoms with Gasteiger partial charge in [0.2, 0.25) is 0 Å². The van der Waals surface area contributed by atoms with Gasteiger partial charge in [0, 0.05) is 38.8 Å². The van der Waals surface area contributed by atoms with E-state index in [9.17, 15) is 0 Å². The van der Waals surface area contributed by atoms with Crippen LogP contribution in [0.15, 0.2) is 30.3 Å². The van der Waals surface area contributed by atoms with Gasteiger partial charge in [-0.25, -0.2) is 0 Å². The summed E-state index contributed by atoms with van der Waals surface area (Å²) in [7, 11) is 0. The van der Waals surface area contributed by atoms with Crippen molar-refractivity contribution in [3.63, 3.8) is 0 Å². The molecule has 0 amide bonds. The zero-order valence-corrected chi connectivity index (χ0v) is 14.9. The van der Waals surface area contributed by atoms with Crippen molar-refractivity contribution in [2.24, 2.45) is 0 Å². The largest absolute Gasteiger partial charge is 0.395 e. The molecule has 0 radical (unpaired) electrons. The summed E-state index contributed by atoms with van der Waals surface area (Å²) in [4.78, 5) is 7.73. The van der Waals surface area contributed by atoms with Gasteiger partial charge in [-0.1, -0.05) is 30.3 Å². The second-order valence-electron chi connectivity index (χ2n) is 7.26. The van der Waals surface area contributed by atoms with Gasteiger partial charge in [-0.05, 0) is 50.9 Å². The van der Waals surface area contributed by atoms with Crippen LogP contribution >= 0.6 is 0 Å². The molecule has 2 saturated heterocycles. The van der Waals surface area contributed by atoms with Gasteiger partial charge in [-0.2, -0.15) is 0 Å². The molecule has 1 N–H and O–H groups in total. The summed E-state index contributed by atoms with van der Waals surface area (Å²) < 4.78 is 0. The van der Waals surface area contributed by atoms with Crippen molar-refractivity contribution >= 4 is 0 Å². The molecule has 2 aliphatic heterocycles. The average molecular weight is 332 g/mol. The molecule has 4 nitrogen and oxygen atoms in total. The highest BCUT2D eigenvalue weighted by molar-refractivity contribution is 5.14. The topological polar surface area (TPSA) is 30.0 Å². The zero-order valence-electron chi connectivity index (χ0n) is 14.9. The fourth-order valence-corrected chi connectivity index (χ4v) is 4.15. The number of hydrogen-bond donors (Lipinski definition) is 1. The van der Waals surface area contributed by atoms with Crippen LogP contribution < -0.4 is 0 Å². The Labute approximate surface area is 147 Å². The minimum absolute atomic E-state index is 0.293. The number of piperazine rings is 1. The van der Waals surface area contributed by atoms with Gasteiger partial charge in [-0.15, -0.1) is 0 Å². The van der Waals surface area contributed by atoms with Crippen molar-refractivity contribution in [1.29, 1.82) is 0 Å². The molecule has 2 heterocycles. The van der Waals surface area contributed by atoms with Crippen LogP contribution in [0.5, 0.6) is 0 Å². The predicted octanol–water partition coefficient (Wildman–Crippen LogP) is 1.69. The van der Waals surface area contributed by atoms with Crippen LogP contribution in [0.1, 0.15) is 24.8 Å². The van der Waals surface area contributed by atoms with Crippen molar-refractivity contribution in [1.82, 2.24) is 14.7 Å². The first-order chi connectivity index (χ1) is 11.8. The van der Waals surface area contributed by atoms with Crippen molar-refractivity contribution in [3.05, 3.63) is 35.9 Å². The van der Waals surface area contributed by atoms with Crippen molar-refractivity contribution in [2.45, 2.75) is 31.7 Å². The van der Waals surface area contributed by atoms with Gasteiger partial charge in [0.25, 0.3) is 0 Å². The molecule has 1 aromatic carbocycles. The first-order valence-electron chi connectivity index (χ1n) is 9.68. The third-order valence-electron chi connectivity index (χ3n) is 5.68. The number of hydrogen-bond acceptors (Lipinski definition) is 4. The Bertz CT molecular complexity index is 451. The quantitative estimate of drug-likeness (QED) is 0.824. The SMILES string of the molecule is OCCN1CCN(C2CCN(CCCc3ccccc3)CC2)CC1. The first-order valence-corrected chi connectivity index (χ1v) is 9.68. The summed E-state index contributed by atoms with van der Waals surface area (Å²) in [6.07, 6.45) is 5.12. The smallest absolute Gasteiger partial charge is 0.0558 e. The minimum atomic E-state index is 0.293. The van der Waals surface area contributed by atoms with E-state index in [0.29, 0.717) is 6.61 Å². The number of nitrogens with zero attached hydrogens (tertiary/aromatic N) is 3. The summed E-state index contributed by atoms with van der Waals surface area (Å²) >= 11 is 0. The summed E-state index contributed by atoms with van der Waals surface area (Å²) in [5.74, 6) is 0. The Balaban J connectivity index is 1.31. The summed E-state index contributed by atoms with van der Waals surface area (Å²) in [5.41, 5.74) is 1.47. The van der Waals surface area contributed by atoms with E-state index >= 15 is 0 Å². The number of benzene rings is 1. The Kier molecular flexibility index (Phi) is 7.09. The highest BCUT2D eigenvalue weighted by Gasteiger charge is 2.26. The van der Waals surface area contributed by atoms with E-state index in [4.69, 9.17) is 5.11 Å². The Morgan fingerprint density at radius 3 is 2.17 bits per heavy atom. The van der Waals surface area contributed by atoms with Gasteiger partial charge in [0.05, 0.1) is 6.61 Å². The normalized spacial score (nSPS) is 22.0. The minimum Gasteiger partial charge on any atom is -0.395 e. The van der Waals surface area contributed by atoms with Crippen molar-refractivity contribution < 1.29 is 5.11 Å². The number of likely N-dealkylation sites (tertiary alicyclic amines) is 1. The molecule has 0 spiro atoms. The molecule has 24 heavy (non-hydrogen) atoms. The lowest BCUT2D eigenvalue weighted by Gasteiger charge is -2.42. The van der Waals surface area contributed by atoms with Crippen LogP contribution in [0.4, 0.5) is 0 Å². The van der Waals surface area contributed by atoms with Crippen molar-refractivity contribution in [3.8, 4) is 0 Å². The fourth-order valence-electron chi connectivity index (χ4n) is 4.15. The van der Waals surface area contributed by atoms with Crippen molar-refractivity contribution in [2.75, 3.05) is 59.0 Å². The molecule has 0 bridgehead atoms. The van der Waals surface area contributed by atoms with E-state index in [0.717, 1.165) is 25.7 Å². The summed E-state index contributed by atoms with van der Waals surface area (Å²) in [6.45, 7) is 9.50. The third-order valence-corrected chi connectivity index (χ3v) is 5.68. The van der Waals surface area contributed by atoms with E-state index < -0.39 is 0 Å². The van der Waals surface area contributed by atoms with Gasteiger partial charge >= 0.3 is 0 Å². The Morgan fingerprint density at radius 2 is 1.50 bits per heavy atom. The second kappa shape index (κ2) is 9.52. The first kappa shape index (κ1) is 17.9. The van der Waals surface area contributed by atoms with E-state index in [1.807, 2.05) is 0 Å². The lowest BCUT2D eigenvalue weighted by atomic mass is 10.0. The van der Waals surface area contributed by atoms with Crippen LogP contribution in [-0.4, -0.2) is 84.8 Å². The van der Waals surface area contributed by atoms with E-state index in [2.05, 4.69) is 45.0 Å². The molecule has 2 aliphatic rings.